The number of hydrogen-bond donors (Lipinski definition) is 1. The third-order valence-electron chi connectivity index (χ3n) is 3.96. The Kier molecular flexibility index (Phi) is 3.85. The molecule has 0 saturated carbocycles. The highest BCUT2D eigenvalue weighted by molar-refractivity contribution is 5.76. The summed E-state index contributed by atoms with van der Waals surface area (Å²) in [7, 11) is 0. The minimum Gasteiger partial charge on any atom is -0.460 e. The molecular formula is C16H19NO3. The van der Waals surface area contributed by atoms with E-state index in [9.17, 15) is 4.79 Å². The Hall–Kier alpha value is -1.65. The summed E-state index contributed by atoms with van der Waals surface area (Å²) in [5.74, 6) is -0.183. The van der Waals surface area contributed by atoms with E-state index in [0.717, 1.165) is 18.4 Å². The van der Waals surface area contributed by atoms with Gasteiger partial charge in [-0.3, -0.25) is 4.79 Å². The van der Waals surface area contributed by atoms with Crippen molar-refractivity contribution in [2.75, 3.05) is 0 Å². The summed E-state index contributed by atoms with van der Waals surface area (Å²) in [5.41, 5.74) is 7.02. The normalized spacial score (nSPS) is 29.1. The lowest BCUT2D eigenvalue weighted by molar-refractivity contribution is -0.149. The quantitative estimate of drug-likeness (QED) is 0.671. The number of rotatable bonds is 4. The van der Waals surface area contributed by atoms with Crippen molar-refractivity contribution in [3.8, 4) is 0 Å². The molecule has 1 aromatic carbocycles. The summed E-state index contributed by atoms with van der Waals surface area (Å²) < 4.78 is 11.0. The van der Waals surface area contributed by atoms with Crippen LogP contribution in [0.5, 0.6) is 0 Å². The zero-order valence-electron chi connectivity index (χ0n) is 11.3. The van der Waals surface area contributed by atoms with Gasteiger partial charge in [-0.05, 0) is 24.3 Å². The monoisotopic (exact) mass is 273 g/mol. The first-order valence-corrected chi connectivity index (χ1v) is 7.02. The van der Waals surface area contributed by atoms with Crippen LogP contribution in [0.3, 0.4) is 0 Å². The van der Waals surface area contributed by atoms with Gasteiger partial charge in [0.2, 0.25) is 0 Å². The molecule has 1 saturated heterocycles. The number of fused-ring (bicyclic) bond motifs is 2. The number of hydrogen-bond acceptors (Lipinski definition) is 4. The van der Waals surface area contributed by atoms with E-state index in [1.54, 1.807) is 0 Å². The molecule has 2 aliphatic rings. The van der Waals surface area contributed by atoms with Crippen LogP contribution in [0.1, 0.15) is 18.4 Å². The first kappa shape index (κ1) is 13.3. The molecule has 0 spiro atoms. The summed E-state index contributed by atoms with van der Waals surface area (Å²) in [6, 6.07) is 9.07. The Morgan fingerprint density at radius 3 is 2.55 bits per heavy atom. The summed E-state index contributed by atoms with van der Waals surface area (Å²) >= 11 is 0. The summed E-state index contributed by atoms with van der Waals surface area (Å²) in [4.78, 5) is 12.0. The molecule has 4 nitrogen and oxygen atoms in total. The number of carbonyl (C=O) groups is 1. The average Bonchev–Trinajstić information content (AvgIpc) is 2.83. The minimum absolute atomic E-state index is 0.117. The summed E-state index contributed by atoms with van der Waals surface area (Å²) in [6.07, 6.45) is 5.96. The van der Waals surface area contributed by atoms with Crippen LogP contribution in [0.2, 0.25) is 0 Å². The molecular weight excluding hydrogens is 254 g/mol. The molecule has 2 heterocycles. The van der Waals surface area contributed by atoms with Gasteiger partial charge in [-0.15, -0.1) is 0 Å². The van der Waals surface area contributed by atoms with Gasteiger partial charge in [0, 0.05) is 0 Å². The van der Waals surface area contributed by atoms with Crippen molar-refractivity contribution >= 4 is 5.97 Å². The van der Waals surface area contributed by atoms with Crippen LogP contribution >= 0.6 is 0 Å². The molecule has 0 aromatic heterocycles. The molecule has 3 atom stereocenters. The van der Waals surface area contributed by atoms with Crippen LogP contribution in [0.4, 0.5) is 0 Å². The maximum Gasteiger partial charge on any atom is 0.323 e. The maximum absolute atomic E-state index is 12.0. The van der Waals surface area contributed by atoms with Crippen LogP contribution in [0, 0.1) is 5.92 Å². The van der Waals surface area contributed by atoms with Gasteiger partial charge < -0.3 is 15.2 Å². The van der Waals surface area contributed by atoms with E-state index in [1.165, 1.54) is 0 Å². The number of carbonyl (C=O) groups excluding carboxylic acids is 1. The third-order valence-corrected chi connectivity index (χ3v) is 3.96. The summed E-state index contributed by atoms with van der Waals surface area (Å²) in [5, 5.41) is 0. The van der Waals surface area contributed by atoms with Crippen LogP contribution in [0.15, 0.2) is 42.5 Å². The Balaban J connectivity index is 1.52. The lowest BCUT2D eigenvalue weighted by atomic mass is 9.88. The SMILES string of the molecule is NC(C(=O)OCc1ccccc1)C1CC2C=CC(C1)O2. The molecule has 1 fully saturated rings. The van der Waals surface area contributed by atoms with E-state index in [4.69, 9.17) is 15.2 Å². The predicted octanol–water partition coefficient (Wildman–Crippen LogP) is 1.79. The number of esters is 1. The second-order valence-electron chi connectivity index (χ2n) is 5.45. The van der Waals surface area contributed by atoms with Gasteiger partial charge in [-0.1, -0.05) is 42.5 Å². The van der Waals surface area contributed by atoms with E-state index in [0.29, 0.717) is 0 Å². The minimum atomic E-state index is -0.562. The van der Waals surface area contributed by atoms with Crippen molar-refractivity contribution in [2.45, 2.75) is 37.7 Å². The Morgan fingerprint density at radius 2 is 1.90 bits per heavy atom. The van der Waals surface area contributed by atoms with Gasteiger partial charge in [0.25, 0.3) is 0 Å². The molecule has 1 aromatic rings. The van der Waals surface area contributed by atoms with Crippen molar-refractivity contribution in [1.82, 2.24) is 0 Å². The fraction of sp³-hybridized carbons (Fsp3) is 0.438. The Labute approximate surface area is 118 Å². The predicted molar refractivity (Wildman–Crippen MR) is 74.7 cm³/mol. The van der Waals surface area contributed by atoms with Crippen molar-refractivity contribution in [3.63, 3.8) is 0 Å². The van der Waals surface area contributed by atoms with Gasteiger partial charge in [-0.25, -0.2) is 0 Å². The second-order valence-corrected chi connectivity index (χ2v) is 5.45. The van der Waals surface area contributed by atoms with Gasteiger partial charge in [-0.2, -0.15) is 0 Å². The molecule has 0 radical (unpaired) electrons. The van der Waals surface area contributed by atoms with Crippen LogP contribution in [-0.4, -0.2) is 24.2 Å². The first-order valence-electron chi connectivity index (χ1n) is 7.02. The van der Waals surface area contributed by atoms with Gasteiger partial charge >= 0.3 is 5.97 Å². The topological polar surface area (TPSA) is 61.6 Å². The molecule has 3 rings (SSSR count). The standard InChI is InChI=1S/C16H19NO3/c17-15(12-8-13-6-7-14(9-12)20-13)16(18)19-10-11-4-2-1-3-5-11/h1-7,12-15H,8-10,17H2. The molecule has 0 amide bonds. The van der Waals surface area contributed by atoms with Crippen LogP contribution in [0.25, 0.3) is 0 Å². The van der Waals surface area contributed by atoms with E-state index in [2.05, 4.69) is 12.2 Å². The van der Waals surface area contributed by atoms with Crippen molar-refractivity contribution in [3.05, 3.63) is 48.0 Å². The number of ether oxygens (including phenoxy) is 2. The largest absolute Gasteiger partial charge is 0.460 e. The fourth-order valence-corrected chi connectivity index (χ4v) is 2.83. The van der Waals surface area contributed by atoms with E-state index < -0.39 is 6.04 Å². The van der Waals surface area contributed by atoms with Crippen molar-refractivity contribution in [2.24, 2.45) is 11.7 Å². The van der Waals surface area contributed by atoms with Crippen molar-refractivity contribution < 1.29 is 14.3 Å². The fourth-order valence-electron chi connectivity index (χ4n) is 2.83. The average molecular weight is 273 g/mol. The van der Waals surface area contributed by atoms with Gasteiger partial charge in [0.15, 0.2) is 0 Å². The zero-order valence-corrected chi connectivity index (χ0v) is 11.3. The highest BCUT2D eigenvalue weighted by Crippen LogP contribution is 2.32. The van der Waals surface area contributed by atoms with E-state index in [-0.39, 0.29) is 30.7 Å². The van der Waals surface area contributed by atoms with Crippen molar-refractivity contribution in [1.29, 1.82) is 0 Å². The maximum atomic E-state index is 12.0. The molecule has 2 N–H and O–H groups in total. The Morgan fingerprint density at radius 1 is 1.25 bits per heavy atom. The Bertz CT molecular complexity index is 486. The molecule has 106 valence electrons. The second kappa shape index (κ2) is 5.77. The molecule has 2 aliphatic heterocycles. The molecule has 4 heteroatoms. The first-order chi connectivity index (χ1) is 9.72. The smallest absolute Gasteiger partial charge is 0.323 e. The van der Waals surface area contributed by atoms with E-state index >= 15 is 0 Å². The molecule has 0 aliphatic carbocycles. The zero-order chi connectivity index (χ0) is 13.9. The number of nitrogens with two attached hydrogens (primary N) is 1. The van der Waals surface area contributed by atoms with Gasteiger partial charge in [0.1, 0.15) is 12.6 Å². The molecule has 20 heavy (non-hydrogen) atoms. The molecule has 3 unspecified atom stereocenters. The number of benzene rings is 1. The van der Waals surface area contributed by atoms with Gasteiger partial charge in [0.05, 0.1) is 12.2 Å². The highest BCUT2D eigenvalue weighted by Gasteiger charge is 2.37. The van der Waals surface area contributed by atoms with Crippen LogP contribution < -0.4 is 5.73 Å². The highest BCUT2D eigenvalue weighted by atomic mass is 16.5. The molecule has 2 bridgehead atoms. The lowest BCUT2D eigenvalue weighted by Crippen LogP contribution is -2.44. The lowest BCUT2D eigenvalue weighted by Gasteiger charge is -2.31. The summed E-state index contributed by atoms with van der Waals surface area (Å²) in [6.45, 7) is 0.279. The van der Waals surface area contributed by atoms with E-state index in [1.807, 2.05) is 30.3 Å². The third kappa shape index (κ3) is 2.92. The van der Waals surface area contributed by atoms with Crippen LogP contribution in [-0.2, 0) is 20.9 Å².